The molecule has 7 heavy (non-hydrogen) atoms. The molecule has 0 saturated heterocycles. The van der Waals surface area contributed by atoms with Crippen molar-refractivity contribution in [3.63, 3.8) is 0 Å². The van der Waals surface area contributed by atoms with Crippen LogP contribution in [0.4, 0.5) is 0 Å². The molecule has 0 aromatic carbocycles. The van der Waals surface area contributed by atoms with Crippen molar-refractivity contribution in [2.45, 2.75) is 6.42 Å². The van der Waals surface area contributed by atoms with Crippen molar-refractivity contribution in [3.8, 4) is 0 Å². The van der Waals surface area contributed by atoms with Crippen LogP contribution in [-0.4, -0.2) is 16.8 Å². The van der Waals surface area contributed by atoms with Gasteiger partial charge in [-0.25, -0.2) is 0 Å². The fourth-order valence-corrected chi connectivity index (χ4v) is 0.678. The highest BCUT2D eigenvalue weighted by Crippen LogP contribution is 2.00. The Morgan fingerprint density at radius 3 is 2.71 bits per heavy atom. The average Bonchev–Trinajstić information content (AvgIpc) is 1.91. The maximum absolute atomic E-state index is 5.64. The molecule has 1 aliphatic heterocycles. The van der Waals surface area contributed by atoms with Crippen LogP contribution in [0.15, 0.2) is 12.3 Å². The van der Waals surface area contributed by atoms with Crippen LogP contribution in [0.2, 0.25) is 0 Å². The quantitative estimate of drug-likeness (QED) is 0.418. The first-order valence-corrected chi connectivity index (χ1v) is 2.59. The van der Waals surface area contributed by atoms with Crippen LogP contribution in [-0.2, 0) is 0 Å². The maximum atomic E-state index is 5.64. The summed E-state index contributed by atoms with van der Waals surface area (Å²) in [6.07, 6.45) is 4.89. The smallest absolute Gasteiger partial charge is 0.195 e. The van der Waals surface area contributed by atoms with E-state index >= 15 is 0 Å². The van der Waals surface area contributed by atoms with Crippen molar-refractivity contribution >= 4 is 16.8 Å². The van der Waals surface area contributed by atoms with Gasteiger partial charge in [-0.15, -0.1) is 0 Å². The minimum atomic E-state index is 0.901. The Labute approximate surface area is 47.9 Å². The standard InChI is InChI=1S/C5H7ClN/c1-7-4-2-3-5(7)6/h2,4H,3H2,1H3/q+1. The molecule has 38 valence electrons. The summed E-state index contributed by atoms with van der Waals surface area (Å²) in [5.41, 5.74) is 0. The second-order valence-electron chi connectivity index (χ2n) is 1.58. The van der Waals surface area contributed by atoms with Gasteiger partial charge in [0.15, 0.2) is 6.20 Å². The topological polar surface area (TPSA) is 3.01 Å². The van der Waals surface area contributed by atoms with Crippen LogP contribution in [0.3, 0.4) is 0 Å². The van der Waals surface area contributed by atoms with Gasteiger partial charge in [0.1, 0.15) is 7.05 Å². The highest BCUT2D eigenvalue weighted by molar-refractivity contribution is 6.64. The van der Waals surface area contributed by atoms with Crippen molar-refractivity contribution < 1.29 is 4.58 Å². The normalized spacial score (nSPS) is 19.1. The molecule has 1 rings (SSSR count). The Hall–Kier alpha value is -0.300. The van der Waals surface area contributed by atoms with Gasteiger partial charge in [0.2, 0.25) is 0 Å². The van der Waals surface area contributed by atoms with E-state index in [-0.39, 0.29) is 0 Å². The van der Waals surface area contributed by atoms with E-state index in [1.165, 1.54) is 0 Å². The first-order chi connectivity index (χ1) is 3.30. The van der Waals surface area contributed by atoms with Gasteiger partial charge < -0.3 is 0 Å². The van der Waals surface area contributed by atoms with E-state index in [0.29, 0.717) is 0 Å². The molecule has 0 radical (unpaired) electrons. The van der Waals surface area contributed by atoms with Crippen molar-refractivity contribution in [2.75, 3.05) is 7.05 Å². The van der Waals surface area contributed by atoms with Crippen molar-refractivity contribution in [1.82, 2.24) is 0 Å². The Balaban J connectivity index is 2.79. The number of allylic oxidation sites excluding steroid dienone is 1. The third kappa shape index (κ3) is 0.829. The third-order valence-electron chi connectivity index (χ3n) is 0.998. The van der Waals surface area contributed by atoms with Gasteiger partial charge in [-0.1, -0.05) is 0 Å². The largest absolute Gasteiger partial charge is 0.254 e. The fourth-order valence-electron chi connectivity index (χ4n) is 0.533. The lowest BCUT2D eigenvalue weighted by molar-refractivity contribution is -0.416. The molecule has 0 bridgehead atoms. The lowest BCUT2D eigenvalue weighted by Gasteiger charge is -1.78. The zero-order chi connectivity index (χ0) is 5.28. The van der Waals surface area contributed by atoms with Crippen molar-refractivity contribution in [3.05, 3.63) is 12.3 Å². The Kier molecular flexibility index (Phi) is 1.15. The Morgan fingerprint density at radius 2 is 2.57 bits per heavy atom. The lowest BCUT2D eigenvalue weighted by Crippen LogP contribution is -1.97. The molecule has 0 unspecified atom stereocenters. The lowest BCUT2D eigenvalue weighted by atomic mass is 10.5. The van der Waals surface area contributed by atoms with Crippen LogP contribution < -0.4 is 0 Å². The summed E-state index contributed by atoms with van der Waals surface area (Å²) in [6, 6.07) is 0. The average molecular weight is 117 g/mol. The van der Waals surface area contributed by atoms with E-state index in [1.54, 1.807) is 0 Å². The SMILES string of the molecule is C[N+]1=C(Cl)CC=C1. The molecule has 0 saturated carbocycles. The van der Waals surface area contributed by atoms with Crippen LogP contribution in [0.25, 0.3) is 0 Å². The minimum absolute atomic E-state index is 0.901. The van der Waals surface area contributed by atoms with Crippen molar-refractivity contribution in [1.29, 1.82) is 0 Å². The molecule has 1 aliphatic rings. The summed E-state index contributed by atoms with van der Waals surface area (Å²) >= 11 is 5.64. The van der Waals surface area contributed by atoms with E-state index in [4.69, 9.17) is 11.6 Å². The molecular formula is C5H7ClN+. The molecule has 0 amide bonds. The summed E-state index contributed by atoms with van der Waals surface area (Å²) in [5, 5.41) is 0.903. The molecule has 0 aromatic rings. The second-order valence-corrected chi connectivity index (χ2v) is 2.01. The monoisotopic (exact) mass is 116 g/mol. The van der Waals surface area contributed by atoms with E-state index in [0.717, 1.165) is 11.6 Å². The van der Waals surface area contributed by atoms with E-state index in [9.17, 15) is 0 Å². The zero-order valence-electron chi connectivity index (χ0n) is 4.19. The highest BCUT2D eigenvalue weighted by Gasteiger charge is 2.07. The third-order valence-corrected chi connectivity index (χ3v) is 1.42. The van der Waals surface area contributed by atoms with Gasteiger partial charge in [0, 0.05) is 0 Å². The molecule has 0 spiro atoms. The maximum Gasteiger partial charge on any atom is 0.254 e. The number of nitrogens with zero attached hydrogens (tertiary/aromatic N) is 1. The van der Waals surface area contributed by atoms with Gasteiger partial charge in [-0.05, 0) is 17.7 Å². The molecule has 1 nitrogen and oxygen atoms in total. The molecule has 0 N–H and O–H groups in total. The number of rotatable bonds is 0. The summed E-state index contributed by atoms with van der Waals surface area (Å²) in [6.45, 7) is 0. The van der Waals surface area contributed by atoms with E-state index < -0.39 is 0 Å². The van der Waals surface area contributed by atoms with Gasteiger partial charge in [0.25, 0.3) is 5.17 Å². The van der Waals surface area contributed by atoms with E-state index in [2.05, 4.69) is 0 Å². The highest BCUT2D eigenvalue weighted by atomic mass is 35.5. The Bertz CT molecular complexity index is 135. The molecular weight excluding hydrogens is 110 g/mol. The first-order valence-electron chi connectivity index (χ1n) is 2.21. The first kappa shape index (κ1) is 4.85. The van der Waals surface area contributed by atoms with Gasteiger partial charge in [-0.3, -0.25) is 0 Å². The predicted octanol–water partition coefficient (Wildman–Crippen LogP) is 1.18. The van der Waals surface area contributed by atoms with Crippen LogP contribution in [0, 0.1) is 0 Å². The van der Waals surface area contributed by atoms with E-state index in [1.807, 2.05) is 23.9 Å². The number of hydrogen-bond donors (Lipinski definition) is 0. The molecule has 0 aliphatic carbocycles. The molecule has 1 heterocycles. The van der Waals surface area contributed by atoms with Crippen LogP contribution in [0.1, 0.15) is 6.42 Å². The second kappa shape index (κ2) is 1.66. The summed E-state index contributed by atoms with van der Waals surface area (Å²) in [5.74, 6) is 0. The molecule has 0 fully saturated rings. The number of halogens is 1. The summed E-state index contributed by atoms with van der Waals surface area (Å²) < 4.78 is 1.90. The zero-order valence-corrected chi connectivity index (χ0v) is 4.94. The predicted molar refractivity (Wildman–Crippen MR) is 30.8 cm³/mol. The fraction of sp³-hybridized carbons (Fsp3) is 0.400. The van der Waals surface area contributed by atoms with Crippen LogP contribution >= 0.6 is 11.6 Å². The van der Waals surface area contributed by atoms with Gasteiger partial charge >= 0.3 is 0 Å². The molecule has 0 atom stereocenters. The summed E-state index contributed by atoms with van der Waals surface area (Å²) in [4.78, 5) is 0. The molecule has 2 heteroatoms. The minimum Gasteiger partial charge on any atom is -0.195 e. The molecule has 0 aromatic heterocycles. The van der Waals surface area contributed by atoms with Crippen LogP contribution in [0.5, 0.6) is 0 Å². The van der Waals surface area contributed by atoms with Gasteiger partial charge in [0.05, 0.1) is 6.42 Å². The number of hydrogen-bond acceptors (Lipinski definition) is 0. The Morgan fingerprint density at radius 1 is 1.86 bits per heavy atom. The van der Waals surface area contributed by atoms with Crippen molar-refractivity contribution in [2.24, 2.45) is 0 Å². The summed E-state index contributed by atoms with van der Waals surface area (Å²) in [7, 11) is 1.94. The van der Waals surface area contributed by atoms with Gasteiger partial charge in [-0.2, -0.15) is 4.58 Å².